The molecule has 0 amide bonds. The van der Waals surface area contributed by atoms with Gasteiger partial charge in [0.25, 0.3) is 0 Å². The predicted molar refractivity (Wildman–Crippen MR) is 56.8 cm³/mol. The van der Waals surface area contributed by atoms with Crippen molar-refractivity contribution in [2.75, 3.05) is 6.61 Å². The largest absolute Gasteiger partial charge is 0.392 e. The van der Waals surface area contributed by atoms with Crippen LogP contribution in [0.2, 0.25) is 0 Å². The molecule has 0 unspecified atom stereocenters. The van der Waals surface area contributed by atoms with E-state index in [-0.39, 0.29) is 6.61 Å². The average Bonchev–Trinajstić information content (AvgIpc) is 2.09. The lowest BCUT2D eigenvalue weighted by atomic mass is 10.00. The van der Waals surface area contributed by atoms with E-state index in [0.717, 1.165) is 0 Å². The fourth-order valence-electron chi connectivity index (χ4n) is 1.43. The van der Waals surface area contributed by atoms with Gasteiger partial charge in [-0.05, 0) is 37.5 Å². The van der Waals surface area contributed by atoms with Gasteiger partial charge in [0, 0.05) is 0 Å². The summed E-state index contributed by atoms with van der Waals surface area (Å²) in [5.74, 6) is 0. The maximum Gasteiger partial charge on any atom is 0.0615 e. The average molecular weight is 176 g/mol. The minimum Gasteiger partial charge on any atom is -0.392 e. The lowest BCUT2D eigenvalue weighted by Crippen LogP contribution is -1.88. The number of rotatable bonds is 2. The van der Waals surface area contributed by atoms with Gasteiger partial charge in [-0.2, -0.15) is 0 Å². The SMILES string of the molecule is Cc1cc(C)c(C)c(/C=C\CO)c1. The summed E-state index contributed by atoms with van der Waals surface area (Å²) in [5, 5.41) is 8.67. The monoisotopic (exact) mass is 176 g/mol. The topological polar surface area (TPSA) is 20.2 Å². The van der Waals surface area contributed by atoms with Crippen LogP contribution >= 0.6 is 0 Å². The highest BCUT2D eigenvalue weighted by atomic mass is 16.2. The highest BCUT2D eigenvalue weighted by Crippen LogP contribution is 2.16. The molecule has 0 saturated carbocycles. The molecule has 0 aliphatic carbocycles. The van der Waals surface area contributed by atoms with Crippen molar-refractivity contribution in [3.05, 3.63) is 40.5 Å². The zero-order chi connectivity index (χ0) is 9.84. The van der Waals surface area contributed by atoms with Gasteiger partial charge in [0.05, 0.1) is 6.61 Å². The first kappa shape index (κ1) is 10.0. The molecular weight excluding hydrogens is 160 g/mol. The van der Waals surface area contributed by atoms with Crippen molar-refractivity contribution in [3.8, 4) is 0 Å². The second kappa shape index (κ2) is 4.24. The fraction of sp³-hybridized carbons (Fsp3) is 0.333. The van der Waals surface area contributed by atoms with Crippen molar-refractivity contribution in [2.24, 2.45) is 0 Å². The Morgan fingerprint density at radius 3 is 2.54 bits per heavy atom. The van der Waals surface area contributed by atoms with E-state index in [0.29, 0.717) is 0 Å². The zero-order valence-electron chi connectivity index (χ0n) is 8.46. The molecule has 1 rings (SSSR count). The van der Waals surface area contributed by atoms with E-state index in [9.17, 15) is 0 Å². The quantitative estimate of drug-likeness (QED) is 0.734. The molecule has 0 fully saturated rings. The molecule has 0 saturated heterocycles. The Morgan fingerprint density at radius 2 is 1.92 bits per heavy atom. The summed E-state index contributed by atoms with van der Waals surface area (Å²) >= 11 is 0. The number of hydrogen-bond donors (Lipinski definition) is 1. The van der Waals surface area contributed by atoms with E-state index >= 15 is 0 Å². The van der Waals surface area contributed by atoms with Gasteiger partial charge in [-0.1, -0.05) is 29.8 Å². The molecular formula is C12H16O. The lowest BCUT2D eigenvalue weighted by molar-refractivity contribution is 0.343. The van der Waals surface area contributed by atoms with E-state index in [1.807, 2.05) is 6.08 Å². The van der Waals surface area contributed by atoms with Gasteiger partial charge in [-0.15, -0.1) is 0 Å². The lowest BCUT2D eigenvalue weighted by Gasteiger charge is -2.06. The second-order valence-electron chi connectivity index (χ2n) is 3.38. The summed E-state index contributed by atoms with van der Waals surface area (Å²) in [4.78, 5) is 0. The van der Waals surface area contributed by atoms with Crippen LogP contribution in [0.3, 0.4) is 0 Å². The first-order chi connectivity index (χ1) is 6.15. The molecule has 13 heavy (non-hydrogen) atoms. The summed E-state index contributed by atoms with van der Waals surface area (Å²) in [6.07, 6.45) is 3.73. The minimum atomic E-state index is 0.104. The minimum absolute atomic E-state index is 0.104. The van der Waals surface area contributed by atoms with Crippen LogP contribution in [0.15, 0.2) is 18.2 Å². The first-order valence-corrected chi connectivity index (χ1v) is 4.50. The van der Waals surface area contributed by atoms with Crippen LogP contribution in [-0.4, -0.2) is 11.7 Å². The van der Waals surface area contributed by atoms with Crippen LogP contribution in [0.5, 0.6) is 0 Å². The summed E-state index contributed by atoms with van der Waals surface area (Å²) in [6, 6.07) is 4.31. The van der Waals surface area contributed by atoms with Gasteiger partial charge >= 0.3 is 0 Å². The standard InChI is InChI=1S/C12H16O/c1-9-7-10(2)11(3)12(8-9)5-4-6-13/h4-5,7-8,13H,6H2,1-3H3/b5-4-. The molecule has 1 aromatic rings. The predicted octanol–water partition coefficient (Wildman–Crippen LogP) is 2.62. The van der Waals surface area contributed by atoms with Crippen LogP contribution in [-0.2, 0) is 0 Å². The Labute approximate surface area is 79.7 Å². The second-order valence-corrected chi connectivity index (χ2v) is 3.38. The van der Waals surface area contributed by atoms with Gasteiger partial charge in [0.15, 0.2) is 0 Å². The Hall–Kier alpha value is -1.08. The molecule has 1 heteroatoms. The summed E-state index contributed by atoms with van der Waals surface area (Å²) < 4.78 is 0. The zero-order valence-corrected chi connectivity index (χ0v) is 8.46. The van der Waals surface area contributed by atoms with Crippen LogP contribution in [0, 0.1) is 20.8 Å². The van der Waals surface area contributed by atoms with Crippen molar-refractivity contribution >= 4 is 6.08 Å². The number of benzene rings is 1. The first-order valence-electron chi connectivity index (χ1n) is 4.50. The van der Waals surface area contributed by atoms with Crippen LogP contribution in [0.4, 0.5) is 0 Å². The molecule has 0 heterocycles. The third-order valence-electron chi connectivity index (χ3n) is 2.25. The molecule has 70 valence electrons. The Kier molecular flexibility index (Phi) is 3.26. The van der Waals surface area contributed by atoms with Crippen molar-refractivity contribution in [1.82, 2.24) is 0 Å². The van der Waals surface area contributed by atoms with Gasteiger partial charge in [-0.3, -0.25) is 0 Å². The van der Waals surface area contributed by atoms with Crippen molar-refractivity contribution in [1.29, 1.82) is 0 Å². The van der Waals surface area contributed by atoms with Crippen molar-refractivity contribution in [2.45, 2.75) is 20.8 Å². The fourth-order valence-corrected chi connectivity index (χ4v) is 1.43. The van der Waals surface area contributed by atoms with Crippen molar-refractivity contribution in [3.63, 3.8) is 0 Å². The van der Waals surface area contributed by atoms with Gasteiger partial charge in [0.2, 0.25) is 0 Å². The normalized spacial score (nSPS) is 11.1. The molecule has 1 nitrogen and oxygen atoms in total. The molecule has 0 atom stereocenters. The van der Waals surface area contributed by atoms with Crippen LogP contribution in [0.1, 0.15) is 22.3 Å². The summed E-state index contributed by atoms with van der Waals surface area (Å²) in [5.41, 5.74) is 5.06. The smallest absolute Gasteiger partial charge is 0.0615 e. The van der Waals surface area contributed by atoms with E-state index in [1.165, 1.54) is 22.3 Å². The highest BCUT2D eigenvalue weighted by Gasteiger charge is 1.98. The third-order valence-corrected chi connectivity index (χ3v) is 2.25. The maximum absolute atomic E-state index is 8.67. The van der Waals surface area contributed by atoms with Gasteiger partial charge < -0.3 is 5.11 Å². The molecule has 0 aliphatic heterocycles. The maximum atomic E-state index is 8.67. The van der Waals surface area contributed by atoms with E-state index in [1.54, 1.807) is 6.08 Å². The Morgan fingerprint density at radius 1 is 1.23 bits per heavy atom. The van der Waals surface area contributed by atoms with E-state index in [4.69, 9.17) is 5.11 Å². The number of aryl methyl sites for hydroxylation is 2. The molecule has 0 spiro atoms. The Balaban J connectivity index is 3.12. The van der Waals surface area contributed by atoms with Gasteiger partial charge in [0.1, 0.15) is 0 Å². The molecule has 1 aromatic carbocycles. The summed E-state index contributed by atoms with van der Waals surface area (Å²) in [6.45, 7) is 6.40. The van der Waals surface area contributed by atoms with Gasteiger partial charge in [-0.25, -0.2) is 0 Å². The highest BCUT2D eigenvalue weighted by molar-refractivity contribution is 5.56. The van der Waals surface area contributed by atoms with Crippen LogP contribution in [0.25, 0.3) is 6.08 Å². The molecule has 1 N–H and O–H groups in total. The Bertz CT molecular complexity index is 324. The number of aliphatic hydroxyl groups excluding tert-OH is 1. The molecule has 0 aromatic heterocycles. The van der Waals surface area contributed by atoms with Crippen LogP contribution < -0.4 is 0 Å². The third kappa shape index (κ3) is 2.43. The number of hydrogen-bond acceptors (Lipinski definition) is 1. The molecule has 0 aliphatic rings. The van der Waals surface area contributed by atoms with E-state index in [2.05, 4.69) is 32.9 Å². The van der Waals surface area contributed by atoms with E-state index < -0.39 is 0 Å². The summed E-state index contributed by atoms with van der Waals surface area (Å²) in [7, 11) is 0. The molecule has 0 bridgehead atoms. The van der Waals surface area contributed by atoms with Crippen molar-refractivity contribution < 1.29 is 5.11 Å². The molecule has 0 radical (unpaired) electrons. The number of aliphatic hydroxyl groups is 1.